The number of carboxylic acid groups (broad SMARTS) is 1. The summed E-state index contributed by atoms with van der Waals surface area (Å²) < 4.78 is 38.2. The van der Waals surface area contributed by atoms with Crippen LogP contribution in [0.1, 0.15) is 12.5 Å². The smallest absolute Gasteiger partial charge is 0.416 e. The number of aliphatic carboxylic acids is 1. The lowest BCUT2D eigenvalue weighted by Crippen LogP contribution is -2.51. The van der Waals surface area contributed by atoms with Gasteiger partial charge in [-0.2, -0.15) is 13.2 Å². The molecule has 1 atom stereocenters. The maximum absolute atomic E-state index is 12.7. The highest BCUT2D eigenvalue weighted by atomic mass is 19.4. The summed E-state index contributed by atoms with van der Waals surface area (Å²) in [6.45, 7) is 2.84. The van der Waals surface area contributed by atoms with Crippen molar-refractivity contribution in [1.29, 1.82) is 0 Å². The van der Waals surface area contributed by atoms with Crippen molar-refractivity contribution in [2.24, 2.45) is 0 Å². The van der Waals surface area contributed by atoms with Gasteiger partial charge in [0.1, 0.15) is 11.7 Å². The molecule has 7 nitrogen and oxygen atoms in total. The zero-order valence-electron chi connectivity index (χ0n) is 12.8. The molecule has 2 rings (SSSR count). The summed E-state index contributed by atoms with van der Waals surface area (Å²) in [6.07, 6.45) is -4.65. The summed E-state index contributed by atoms with van der Waals surface area (Å²) >= 11 is 0. The minimum absolute atomic E-state index is 0.107. The molecule has 10 heteroatoms. The summed E-state index contributed by atoms with van der Waals surface area (Å²) in [5, 5.41) is 20.1. The van der Waals surface area contributed by atoms with Crippen molar-refractivity contribution in [3.05, 3.63) is 33.9 Å². The van der Waals surface area contributed by atoms with Gasteiger partial charge in [0.25, 0.3) is 5.69 Å². The molecule has 0 radical (unpaired) electrons. The van der Waals surface area contributed by atoms with E-state index in [9.17, 15) is 28.1 Å². The van der Waals surface area contributed by atoms with Crippen LogP contribution in [0, 0.1) is 10.1 Å². The second kappa shape index (κ2) is 6.63. The Hall–Kier alpha value is -2.36. The van der Waals surface area contributed by atoms with E-state index in [2.05, 4.69) is 0 Å². The first-order valence-electron chi connectivity index (χ1n) is 7.18. The average Bonchev–Trinajstić information content (AvgIpc) is 2.52. The molecule has 0 unspecified atom stereocenters. The number of hydrogen-bond donors (Lipinski definition) is 1. The predicted molar refractivity (Wildman–Crippen MR) is 79.0 cm³/mol. The van der Waals surface area contributed by atoms with E-state index in [-0.39, 0.29) is 5.69 Å². The van der Waals surface area contributed by atoms with E-state index < -0.39 is 34.4 Å². The first-order valence-corrected chi connectivity index (χ1v) is 7.18. The third-order valence-corrected chi connectivity index (χ3v) is 4.06. The molecule has 0 bridgehead atoms. The molecule has 0 spiro atoms. The molecule has 1 N–H and O–H groups in total. The zero-order valence-corrected chi connectivity index (χ0v) is 12.8. The third kappa shape index (κ3) is 3.75. The van der Waals surface area contributed by atoms with Crippen LogP contribution in [0.25, 0.3) is 0 Å². The van der Waals surface area contributed by atoms with E-state index in [1.807, 2.05) is 0 Å². The van der Waals surface area contributed by atoms with E-state index in [1.54, 1.807) is 16.7 Å². The molecule has 0 aliphatic carbocycles. The van der Waals surface area contributed by atoms with E-state index in [4.69, 9.17) is 5.11 Å². The molecular weight excluding hydrogens is 331 g/mol. The first-order chi connectivity index (χ1) is 11.1. The highest BCUT2D eigenvalue weighted by molar-refractivity contribution is 5.73. The van der Waals surface area contributed by atoms with Gasteiger partial charge in [0, 0.05) is 32.2 Å². The van der Waals surface area contributed by atoms with Gasteiger partial charge in [-0.1, -0.05) is 0 Å². The molecule has 1 aliphatic rings. The number of hydrogen-bond acceptors (Lipinski definition) is 5. The second-order valence-electron chi connectivity index (χ2n) is 5.50. The van der Waals surface area contributed by atoms with Crippen molar-refractivity contribution >= 4 is 17.3 Å². The van der Waals surface area contributed by atoms with Crippen molar-refractivity contribution in [3.63, 3.8) is 0 Å². The van der Waals surface area contributed by atoms with Gasteiger partial charge < -0.3 is 10.0 Å². The number of nitrogens with zero attached hydrogens (tertiary/aromatic N) is 3. The lowest BCUT2D eigenvalue weighted by atomic mass is 10.1. The topological polar surface area (TPSA) is 86.9 Å². The van der Waals surface area contributed by atoms with Gasteiger partial charge in [0.05, 0.1) is 10.5 Å². The van der Waals surface area contributed by atoms with Crippen molar-refractivity contribution in [2.45, 2.75) is 19.1 Å². The normalized spacial score (nSPS) is 17.6. The summed E-state index contributed by atoms with van der Waals surface area (Å²) in [5.74, 6) is -0.969. The van der Waals surface area contributed by atoms with Gasteiger partial charge in [-0.25, -0.2) is 0 Å². The molecule has 1 aliphatic heterocycles. The fourth-order valence-electron chi connectivity index (χ4n) is 2.62. The highest BCUT2D eigenvalue weighted by Crippen LogP contribution is 2.36. The number of nitro groups is 1. The van der Waals surface area contributed by atoms with Crippen LogP contribution in [0.15, 0.2) is 18.2 Å². The average molecular weight is 347 g/mol. The van der Waals surface area contributed by atoms with Gasteiger partial charge >= 0.3 is 12.1 Å². The Bertz CT molecular complexity index is 643. The number of rotatable bonds is 4. The molecule has 1 fully saturated rings. The molecule has 24 heavy (non-hydrogen) atoms. The van der Waals surface area contributed by atoms with Crippen LogP contribution in [0.2, 0.25) is 0 Å². The quantitative estimate of drug-likeness (QED) is 0.664. The van der Waals surface area contributed by atoms with Gasteiger partial charge in [-0.05, 0) is 19.1 Å². The van der Waals surface area contributed by atoms with Crippen molar-refractivity contribution < 1.29 is 28.0 Å². The summed E-state index contributed by atoms with van der Waals surface area (Å²) in [6, 6.07) is 1.75. The van der Waals surface area contributed by atoms with Gasteiger partial charge in [0.15, 0.2) is 0 Å². The van der Waals surface area contributed by atoms with Crippen LogP contribution in [0.5, 0.6) is 0 Å². The Kier molecular flexibility index (Phi) is 4.97. The highest BCUT2D eigenvalue weighted by Gasteiger charge is 2.34. The number of carbonyl (C=O) groups is 1. The summed E-state index contributed by atoms with van der Waals surface area (Å²) in [7, 11) is 0. The third-order valence-electron chi connectivity index (χ3n) is 4.06. The summed E-state index contributed by atoms with van der Waals surface area (Å²) in [5.41, 5.74) is -1.57. The molecular formula is C14H16F3N3O4. The summed E-state index contributed by atoms with van der Waals surface area (Å²) in [4.78, 5) is 24.6. The molecule has 0 saturated carbocycles. The number of carboxylic acids is 1. The number of nitro benzene ring substituents is 1. The van der Waals surface area contributed by atoms with Crippen LogP contribution in [-0.2, 0) is 11.0 Å². The van der Waals surface area contributed by atoms with E-state index >= 15 is 0 Å². The Morgan fingerprint density at radius 1 is 1.29 bits per heavy atom. The fraction of sp³-hybridized carbons (Fsp3) is 0.500. The SMILES string of the molecule is C[C@H](C(=O)O)N1CCN(c2ccc(C(F)(F)F)cc2[N+](=O)[O-])CC1. The lowest BCUT2D eigenvalue weighted by molar-refractivity contribution is -0.384. The van der Waals surface area contributed by atoms with E-state index in [0.29, 0.717) is 32.2 Å². The van der Waals surface area contributed by atoms with Crippen LogP contribution in [0.4, 0.5) is 24.5 Å². The zero-order chi connectivity index (χ0) is 18.1. The van der Waals surface area contributed by atoms with E-state index in [1.165, 1.54) is 0 Å². The molecule has 1 aromatic carbocycles. The molecule has 1 saturated heterocycles. The largest absolute Gasteiger partial charge is 0.480 e. The minimum atomic E-state index is -4.65. The number of alkyl halides is 3. The van der Waals surface area contributed by atoms with Crippen molar-refractivity contribution in [1.82, 2.24) is 4.90 Å². The van der Waals surface area contributed by atoms with Crippen LogP contribution in [-0.4, -0.2) is 53.1 Å². The monoisotopic (exact) mass is 347 g/mol. The molecule has 0 aromatic heterocycles. The van der Waals surface area contributed by atoms with Crippen LogP contribution < -0.4 is 4.90 Å². The Balaban J connectivity index is 2.21. The lowest BCUT2D eigenvalue weighted by Gasteiger charge is -2.37. The van der Waals surface area contributed by atoms with E-state index in [0.717, 1.165) is 12.1 Å². The molecule has 1 heterocycles. The molecule has 1 aromatic rings. The standard InChI is InChI=1S/C14H16F3N3O4/c1-9(13(21)22)18-4-6-19(7-5-18)11-3-2-10(14(15,16)17)8-12(11)20(23)24/h2-3,8-9H,4-7H2,1H3,(H,21,22)/t9-/m1/s1. The molecule has 0 amide bonds. The Labute approximate surface area is 135 Å². The van der Waals surface area contributed by atoms with Crippen LogP contribution in [0.3, 0.4) is 0 Å². The minimum Gasteiger partial charge on any atom is -0.480 e. The van der Waals surface area contributed by atoms with Crippen molar-refractivity contribution in [2.75, 3.05) is 31.1 Å². The van der Waals surface area contributed by atoms with Gasteiger partial charge in [-0.15, -0.1) is 0 Å². The second-order valence-corrected chi connectivity index (χ2v) is 5.50. The molecule has 132 valence electrons. The maximum atomic E-state index is 12.7. The first kappa shape index (κ1) is 18.0. The number of piperazine rings is 1. The Morgan fingerprint density at radius 2 is 1.88 bits per heavy atom. The maximum Gasteiger partial charge on any atom is 0.416 e. The van der Waals surface area contributed by atoms with Gasteiger partial charge in [0.2, 0.25) is 0 Å². The number of halogens is 3. The number of benzene rings is 1. The fourth-order valence-corrected chi connectivity index (χ4v) is 2.62. The van der Waals surface area contributed by atoms with Crippen molar-refractivity contribution in [3.8, 4) is 0 Å². The Morgan fingerprint density at radius 3 is 2.33 bits per heavy atom. The number of anilines is 1. The predicted octanol–water partition coefficient (Wildman–Crippen LogP) is 2.21. The van der Waals surface area contributed by atoms with Crippen LogP contribution >= 0.6 is 0 Å². The van der Waals surface area contributed by atoms with Gasteiger partial charge in [-0.3, -0.25) is 19.8 Å².